The van der Waals surface area contributed by atoms with Crippen LogP contribution in [0.3, 0.4) is 0 Å². The molecule has 4 nitrogen and oxygen atoms in total. The summed E-state index contributed by atoms with van der Waals surface area (Å²) >= 11 is 0. The van der Waals surface area contributed by atoms with Crippen LogP contribution in [0.5, 0.6) is 0 Å². The van der Waals surface area contributed by atoms with Crippen LogP contribution in [0.15, 0.2) is 17.1 Å². The molecule has 2 heterocycles. The van der Waals surface area contributed by atoms with Crippen molar-refractivity contribution in [3.63, 3.8) is 0 Å². The Morgan fingerprint density at radius 3 is 3.27 bits per heavy atom. The molecule has 1 aliphatic rings. The first-order chi connectivity index (χ1) is 7.31. The maximum absolute atomic E-state index is 11.6. The lowest BCUT2D eigenvalue weighted by atomic mass is 10.1. The van der Waals surface area contributed by atoms with Gasteiger partial charge in [-0.15, -0.1) is 0 Å². The molecule has 0 saturated heterocycles. The molecule has 0 bridgehead atoms. The second kappa shape index (κ2) is 4.59. The van der Waals surface area contributed by atoms with Gasteiger partial charge in [0.2, 0.25) is 0 Å². The molecule has 0 spiro atoms. The fourth-order valence-electron chi connectivity index (χ4n) is 1.98. The first-order valence-corrected chi connectivity index (χ1v) is 5.37. The lowest BCUT2D eigenvalue weighted by molar-refractivity contribution is 0.253. The predicted molar refractivity (Wildman–Crippen MR) is 60.0 cm³/mol. The number of aromatic nitrogens is 1. The Labute approximate surface area is 89.3 Å². The second-order valence-electron chi connectivity index (χ2n) is 3.93. The van der Waals surface area contributed by atoms with Crippen LogP contribution in [0.25, 0.3) is 0 Å². The zero-order chi connectivity index (χ0) is 10.7. The summed E-state index contributed by atoms with van der Waals surface area (Å²) in [4.78, 5) is 17.1. The number of nitrogens with one attached hydrogen (secondary N) is 2. The third-order valence-electron chi connectivity index (χ3n) is 2.89. The number of H-pyrrole nitrogens is 1. The normalized spacial score (nSPS) is 16.3. The van der Waals surface area contributed by atoms with Gasteiger partial charge in [0.1, 0.15) is 0 Å². The van der Waals surface area contributed by atoms with Crippen LogP contribution in [0.2, 0.25) is 0 Å². The molecule has 4 heteroatoms. The van der Waals surface area contributed by atoms with Crippen LogP contribution < -0.4 is 10.7 Å². The summed E-state index contributed by atoms with van der Waals surface area (Å²) in [5.74, 6) is 0. The average Bonchev–Trinajstić information content (AvgIpc) is 2.27. The molecule has 0 atom stereocenters. The molecule has 2 N–H and O–H groups in total. The lowest BCUT2D eigenvalue weighted by Crippen LogP contribution is -2.37. The zero-order valence-electron chi connectivity index (χ0n) is 9.05. The van der Waals surface area contributed by atoms with Crippen LogP contribution >= 0.6 is 0 Å². The van der Waals surface area contributed by atoms with E-state index in [2.05, 4.69) is 15.2 Å². The van der Waals surface area contributed by atoms with Crippen LogP contribution in [0.1, 0.15) is 11.3 Å². The Balaban J connectivity index is 2.12. The van der Waals surface area contributed by atoms with Gasteiger partial charge < -0.3 is 10.3 Å². The highest BCUT2D eigenvalue weighted by atomic mass is 16.1. The standard InChI is InChI=1S/C11H17N3O/c1-12-5-7-14-6-3-10-9(8-14)11(15)2-4-13-10/h2,4,12H,3,5-8H2,1H3,(H,13,15). The molecule has 0 unspecified atom stereocenters. The summed E-state index contributed by atoms with van der Waals surface area (Å²) in [7, 11) is 1.95. The number of hydrogen-bond donors (Lipinski definition) is 2. The highest BCUT2D eigenvalue weighted by molar-refractivity contribution is 5.22. The number of rotatable bonds is 3. The Kier molecular flexibility index (Phi) is 3.18. The van der Waals surface area contributed by atoms with E-state index >= 15 is 0 Å². The Hall–Kier alpha value is -1.13. The van der Waals surface area contributed by atoms with E-state index < -0.39 is 0 Å². The third kappa shape index (κ3) is 2.27. The molecule has 0 fully saturated rings. The van der Waals surface area contributed by atoms with E-state index in [1.807, 2.05) is 7.05 Å². The van der Waals surface area contributed by atoms with E-state index in [0.29, 0.717) is 0 Å². The van der Waals surface area contributed by atoms with Gasteiger partial charge in [0.05, 0.1) is 0 Å². The van der Waals surface area contributed by atoms with E-state index in [1.54, 1.807) is 12.3 Å². The number of aromatic amines is 1. The zero-order valence-corrected chi connectivity index (χ0v) is 9.05. The smallest absolute Gasteiger partial charge is 0.186 e. The molecule has 2 rings (SSSR count). The lowest BCUT2D eigenvalue weighted by Gasteiger charge is -2.27. The second-order valence-corrected chi connectivity index (χ2v) is 3.93. The number of hydrogen-bond acceptors (Lipinski definition) is 3. The Bertz CT molecular complexity index is 386. The van der Waals surface area contributed by atoms with E-state index in [4.69, 9.17) is 0 Å². The van der Waals surface area contributed by atoms with Gasteiger partial charge in [0, 0.05) is 56.1 Å². The number of nitrogens with zero attached hydrogens (tertiary/aromatic N) is 1. The van der Waals surface area contributed by atoms with E-state index in [9.17, 15) is 4.79 Å². The fraction of sp³-hybridized carbons (Fsp3) is 0.545. The fourth-order valence-corrected chi connectivity index (χ4v) is 1.98. The van der Waals surface area contributed by atoms with Crippen LogP contribution in [-0.2, 0) is 13.0 Å². The quantitative estimate of drug-likeness (QED) is 0.730. The third-order valence-corrected chi connectivity index (χ3v) is 2.89. The van der Waals surface area contributed by atoms with Gasteiger partial charge in [-0.3, -0.25) is 9.69 Å². The summed E-state index contributed by atoms with van der Waals surface area (Å²) in [6, 6.07) is 1.61. The monoisotopic (exact) mass is 207 g/mol. The largest absolute Gasteiger partial charge is 0.364 e. The van der Waals surface area contributed by atoms with Gasteiger partial charge in [0.15, 0.2) is 5.43 Å². The maximum Gasteiger partial charge on any atom is 0.186 e. The molecule has 1 aromatic heterocycles. The highest BCUT2D eigenvalue weighted by Gasteiger charge is 2.17. The predicted octanol–water partition coefficient (Wildman–Crippen LogP) is -0.0476. The number of fused-ring (bicyclic) bond motifs is 1. The van der Waals surface area contributed by atoms with Gasteiger partial charge >= 0.3 is 0 Å². The van der Waals surface area contributed by atoms with Crippen molar-refractivity contribution in [2.45, 2.75) is 13.0 Å². The molecule has 1 aromatic rings. The van der Waals surface area contributed by atoms with Crippen molar-refractivity contribution in [3.05, 3.63) is 33.7 Å². The molecular formula is C11H17N3O. The van der Waals surface area contributed by atoms with Crippen molar-refractivity contribution in [2.24, 2.45) is 0 Å². The van der Waals surface area contributed by atoms with E-state index in [0.717, 1.165) is 43.9 Å². The van der Waals surface area contributed by atoms with Gasteiger partial charge in [-0.1, -0.05) is 0 Å². The summed E-state index contributed by atoms with van der Waals surface area (Å²) in [5.41, 5.74) is 2.22. The van der Waals surface area contributed by atoms with Gasteiger partial charge in [0.25, 0.3) is 0 Å². The molecule has 0 amide bonds. The van der Waals surface area contributed by atoms with Crippen LogP contribution in [0, 0.1) is 0 Å². The van der Waals surface area contributed by atoms with Gasteiger partial charge in [-0.2, -0.15) is 0 Å². The molecule has 0 radical (unpaired) electrons. The average molecular weight is 207 g/mol. The molecular weight excluding hydrogens is 190 g/mol. The van der Waals surface area contributed by atoms with Crippen molar-refractivity contribution in [2.75, 3.05) is 26.7 Å². The van der Waals surface area contributed by atoms with Crippen LogP contribution in [-0.4, -0.2) is 36.6 Å². The molecule has 0 saturated carbocycles. The van der Waals surface area contributed by atoms with Gasteiger partial charge in [-0.05, 0) is 7.05 Å². The van der Waals surface area contributed by atoms with Crippen molar-refractivity contribution in [3.8, 4) is 0 Å². The molecule has 82 valence electrons. The summed E-state index contributed by atoms with van der Waals surface area (Å²) in [6.45, 7) is 3.80. The number of pyridine rings is 1. The minimum Gasteiger partial charge on any atom is -0.364 e. The van der Waals surface area contributed by atoms with Crippen molar-refractivity contribution >= 4 is 0 Å². The summed E-state index contributed by atoms with van der Waals surface area (Å²) in [5, 5.41) is 3.13. The topological polar surface area (TPSA) is 48.1 Å². The SMILES string of the molecule is CNCCN1CCc2[nH]ccc(=O)c2C1. The van der Waals surface area contributed by atoms with Crippen LogP contribution in [0.4, 0.5) is 0 Å². The minimum absolute atomic E-state index is 0.165. The minimum atomic E-state index is 0.165. The Morgan fingerprint density at radius 1 is 1.60 bits per heavy atom. The maximum atomic E-state index is 11.6. The van der Waals surface area contributed by atoms with Crippen molar-refractivity contribution < 1.29 is 0 Å². The van der Waals surface area contributed by atoms with Crippen molar-refractivity contribution in [1.82, 2.24) is 15.2 Å². The molecule has 0 aliphatic carbocycles. The van der Waals surface area contributed by atoms with E-state index in [-0.39, 0.29) is 5.43 Å². The first-order valence-electron chi connectivity index (χ1n) is 5.37. The highest BCUT2D eigenvalue weighted by Crippen LogP contribution is 2.12. The first kappa shape index (κ1) is 10.4. The molecule has 1 aliphatic heterocycles. The van der Waals surface area contributed by atoms with Crippen molar-refractivity contribution in [1.29, 1.82) is 0 Å². The number of likely N-dealkylation sites (N-methyl/N-ethyl adjacent to an activating group) is 1. The summed E-state index contributed by atoms with van der Waals surface area (Å²) in [6.07, 6.45) is 2.69. The Morgan fingerprint density at radius 2 is 2.47 bits per heavy atom. The van der Waals surface area contributed by atoms with Gasteiger partial charge in [-0.25, -0.2) is 0 Å². The molecule has 0 aromatic carbocycles. The summed E-state index contributed by atoms with van der Waals surface area (Å²) < 4.78 is 0. The molecule has 15 heavy (non-hydrogen) atoms. The van der Waals surface area contributed by atoms with E-state index in [1.165, 1.54) is 0 Å².